The third-order valence-corrected chi connectivity index (χ3v) is 4.73. The van der Waals surface area contributed by atoms with Crippen molar-refractivity contribution in [3.05, 3.63) is 11.6 Å². The van der Waals surface area contributed by atoms with Gasteiger partial charge in [-0.15, -0.1) is 0 Å². The first kappa shape index (κ1) is 16.5. The van der Waals surface area contributed by atoms with Crippen molar-refractivity contribution in [2.24, 2.45) is 23.2 Å². The molecule has 7 heteroatoms. The molecule has 7 nitrogen and oxygen atoms in total. The van der Waals surface area contributed by atoms with Crippen LogP contribution in [0.2, 0.25) is 0 Å². The van der Waals surface area contributed by atoms with Crippen LogP contribution in [-0.2, 0) is 4.74 Å². The molecule has 0 radical (unpaired) electrons. The molecule has 1 amide bonds. The van der Waals surface area contributed by atoms with Crippen LogP contribution in [0.3, 0.4) is 0 Å². The number of carbonyl (C=O) groups is 1. The van der Waals surface area contributed by atoms with Crippen molar-refractivity contribution < 1.29 is 9.53 Å². The van der Waals surface area contributed by atoms with Gasteiger partial charge in [0.25, 0.3) is 0 Å². The van der Waals surface area contributed by atoms with E-state index in [0.29, 0.717) is 6.54 Å². The van der Waals surface area contributed by atoms with Gasteiger partial charge in [-0.2, -0.15) is 15.8 Å². The van der Waals surface area contributed by atoms with Gasteiger partial charge in [-0.3, -0.25) is 0 Å². The van der Waals surface area contributed by atoms with Crippen LogP contribution in [0.4, 0.5) is 4.79 Å². The van der Waals surface area contributed by atoms with Gasteiger partial charge in [0.1, 0.15) is 5.92 Å². The van der Waals surface area contributed by atoms with E-state index in [1.54, 1.807) is 19.9 Å². The fourth-order valence-electron chi connectivity index (χ4n) is 3.36. The van der Waals surface area contributed by atoms with Crippen molar-refractivity contribution in [2.75, 3.05) is 19.7 Å². The van der Waals surface area contributed by atoms with Gasteiger partial charge in [0.2, 0.25) is 0 Å². The van der Waals surface area contributed by atoms with E-state index < -0.39 is 23.3 Å². The van der Waals surface area contributed by atoms with Gasteiger partial charge >= 0.3 is 6.09 Å². The standard InChI is InChI=1S/C16H17N5O2/c1-3-23-15(22)21-5-4-11-12(6-17)14(20)16(8-18,9-19)10(2)13(11)7-21/h4,10,12-13,20H,3,5,7H2,1-2H3/t10-,12?,13-/m1/s1. The highest BCUT2D eigenvalue weighted by atomic mass is 16.6. The maximum atomic E-state index is 11.9. The van der Waals surface area contributed by atoms with Crippen LogP contribution in [0.25, 0.3) is 0 Å². The molecule has 1 saturated carbocycles. The summed E-state index contributed by atoms with van der Waals surface area (Å²) >= 11 is 0. The van der Waals surface area contributed by atoms with E-state index in [-0.39, 0.29) is 24.8 Å². The zero-order valence-electron chi connectivity index (χ0n) is 13.0. The van der Waals surface area contributed by atoms with Crippen molar-refractivity contribution in [1.82, 2.24) is 4.90 Å². The van der Waals surface area contributed by atoms with Crippen LogP contribution in [0.1, 0.15) is 13.8 Å². The van der Waals surface area contributed by atoms with Gasteiger partial charge in [0.15, 0.2) is 5.41 Å². The molecule has 1 aliphatic carbocycles. The Kier molecular flexibility index (Phi) is 4.38. The van der Waals surface area contributed by atoms with Gasteiger partial charge in [0, 0.05) is 24.9 Å². The number of hydrogen-bond donors (Lipinski definition) is 1. The van der Waals surface area contributed by atoms with Crippen molar-refractivity contribution >= 4 is 11.8 Å². The molecule has 1 unspecified atom stereocenters. The first-order valence-electron chi connectivity index (χ1n) is 7.39. The highest BCUT2D eigenvalue weighted by Crippen LogP contribution is 2.48. The fraction of sp³-hybridized carbons (Fsp3) is 0.562. The Morgan fingerprint density at radius 1 is 1.48 bits per heavy atom. The van der Waals surface area contributed by atoms with E-state index in [0.717, 1.165) is 5.57 Å². The molecule has 0 aromatic carbocycles. The number of nitrogens with one attached hydrogen (secondary N) is 1. The maximum Gasteiger partial charge on any atom is 0.410 e. The van der Waals surface area contributed by atoms with Gasteiger partial charge in [0.05, 0.1) is 30.5 Å². The van der Waals surface area contributed by atoms with Crippen molar-refractivity contribution in [2.45, 2.75) is 13.8 Å². The Morgan fingerprint density at radius 2 is 2.13 bits per heavy atom. The van der Waals surface area contributed by atoms with Gasteiger partial charge < -0.3 is 15.0 Å². The second-order valence-electron chi connectivity index (χ2n) is 5.71. The topological polar surface area (TPSA) is 125 Å². The number of hydrogen-bond acceptors (Lipinski definition) is 6. The number of rotatable bonds is 1. The summed E-state index contributed by atoms with van der Waals surface area (Å²) in [7, 11) is 0. The molecule has 2 rings (SSSR count). The molecule has 0 spiro atoms. The Labute approximate surface area is 134 Å². The van der Waals surface area contributed by atoms with E-state index in [2.05, 4.69) is 0 Å². The van der Waals surface area contributed by atoms with Gasteiger partial charge in [-0.1, -0.05) is 13.0 Å². The number of nitrogens with zero attached hydrogens (tertiary/aromatic N) is 4. The van der Waals surface area contributed by atoms with E-state index in [1.807, 2.05) is 18.2 Å². The lowest BCUT2D eigenvalue weighted by Gasteiger charge is -2.45. The molecule has 0 bridgehead atoms. The van der Waals surface area contributed by atoms with Gasteiger partial charge in [-0.25, -0.2) is 4.79 Å². The van der Waals surface area contributed by atoms with Crippen LogP contribution in [0.5, 0.6) is 0 Å². The molecule has 23 heavy (non-hydrogen) atoms. The summed E-state index contributed by atoms with van der Waals surface area (Å²) in [6.07, 6.45) is 1.30. The lowest BCUT2D eigenvalue weighted by molar-refractivity contribution is 0.0953. The summed E-state index contributed by atoms with van der Waals surface area (Å²) in [5.41, 5.74) is -1.07. The zero-order valence-corrected chi connectivity index (χ0v) is 13.0. The SMILES string of the molecule is CCOC(=O)N1CC=C2C(C#N)C(=N)C(C#N)(C#N)[C@H](C)[C@H]2C1. The van der Waals surface area contributed by atoms with Crippen LogP contribution in [-0.4, -0.2) is 36.4 Å². The summed E-state index contributed by atoms with van der Waals surface area (Å²) in [4.78, 5) is 13.4. The quantitative estimate of drug-likeness (QED) is 0.740. The maximum absolute atomic E-state index is 11.9. The summed E-state index contributed by atoms with van der Waals surface area (Å²) in [5.74, 6) is -1.69. The minimum Gasteiger partial charge on any atom is -0.450 e. The minimum atomic E-state index is -1.64. The second kappa shape index (κ2) is 6.10. The van der Waals surface area contributed by atoms with Crippen molar-refractivity contribution in [1.29, 1.82) is 21.2 Å². The monoisotopic (exact) mass is 311 g/mol. The van der Waals surface area contributed by atoms with E-state index in [9.17, 15) is 20.6 Å². The minimum absolute atomic E-state index is 0.162. The van der Waals surface area contributed by atoms with Crippen LogP contribution in [0.15, 0.2) is 11.6 Å². The van der Waals surface area contributed by atoms with E-state index >= 15 is 0 Å². The predicted octanol–water partition coefficient (Wildman–Crippen LogP) is 1.84. The molecule has 3 atom stereocenters. The molecule has 0 aromatic heterocycles. The van der Waals surface area contributed by atoms with E-state index in [1.165, 1.54) is 4.90 Å². The highest BCUT2D eigenvalue weighted by Gasteiger charge is 2.55. The lowest BCUT2D eigenvalue weighted by atomic mass is 9.56. The first-order chi connectivity index (χ1) is 11.0. The Morgan fingerprint density at radius 3 is 2.65 bits per heavy atom. The molecular weight excluding hydrogens is 294 g/mol. The predicted molar refractivity (Wildman–Crippen MR) is 79.8 cm³/mol. The molecule has 118 valence electrons. The third-order valence-electron chi connectivity index (χ3n) is 4.73. The van der Waals surface area contributed by atoms with Crippen molar-refractivity contribution in [3.63, 3.8) is 0 Å². The fourth-order valence-corrected chi connectivity index (χ4v) is 3.36. The summed E-state index contributed by atoms with van der Waals surface area (Å²) in [6, 6.07) is 5.91. The Bertz CT molecular complexity index is 677. The lowest BCUT2D eigenvalue weighted by Crippen LogP contribution is -2.53. The average molecular weight is 311 g/mol. The number of nitriles is 3. The molecule has 1 aliphatic heterocycles. The van der Waals surface area contributed by atoms with Crippen LogP contribution < -0.4 is 0 Å². The van der Waals surface area contributed by atoms with Crippen molar-refractivity contribution in [3.8, 4) is 18.2 Å². The number of amides is 1. The molecule has 1 heterocycles. The normalized spacial score (nSPS) is 28.5. The number of ether oxygens (including phenoxy) is 1. The molecule has 0 aromatic rings. The first-order valence-corrected chi connectivity index (χ1v) is 7.39. The molecule has 2 aliphatic rings. The molecule has 0 saturated heterocycles. The molecule has 1 N–H and O–H groups in total. The third kappa shape index (κ3) is 2.33. The smallest absolute Gasteiger partial charge is 0.410 e. The Hall–Kier alpha value is -2.85. The highest BCUT2D eigenvalue weighted by molar-refractivity contribution is 6.00. The molecular formula is C16H17N5O2. The summed E-state index contributed by atoms with van der Waals surface area (Å²) in [5, 5.41) is 36.6. The number of fused-ring (bicyclic) bond motifs is 1. The second-order valence-corrected chi connectivity index (χ2v) is 5.71. The zero-order chi connectivity index (χ0) is 17.2. The Balaban J connectivity index is 2.45. The average Bonchev–Trinajstić information content (AvgIpc) is 2.56. The van der Waals surface area contributed by atoms with Crippen LogP contribution >= 0.6 is 0 Å². The summed E-state index contributed by atoms with van der Waals surface area (Å²) in [6.45, 7) is 4.28. The van der Waals surface area contributed by atoms with Gasteiger partial charge in [-0.05, 0) is 12.5 Å². The number of carbonyl (C=O) groups excluding carboxylic acids is 1. The van der Waals surface area contributed by atoms with E-state index in [4.69, 9.17) is 10.1 Å². The van der Waals surface area contributed by atoms with Crippen LogP contribution in [0, 0.1) is 62.6 Å². The molecule has 1 fully saturated rings. The summed E-state index contributed by atoms with van der Waals surface area (Å²) < 4.78 is 5.00. The largest absolute Gasteiger partial charge is 0.450 e.